The van der Waals surface area contributed by atoms with Gasteiger partial charge in [0.05, 0.1) is 18.8 Å². The minimum absolute atomic E-state index is 0.0322. The van der Waals surface area contributed by atoms with Crippen LogP contribution in [0.3, 0.4) is 0 Å². The maximum atomic E-state index is 13.8. The van der Waals surface area contributed by atoms with Crippen molar-refractivity contribution in [2.75, 3.05) is 20.3 Å². The van der Waals surface area contributed by atoms with Crippen LogP contribution >= 0.6 is 0 Å². The number of amides is 1. The second-order valence-corrected chi connectivity index (χ2v) is 11.7. The molecule has 1 aliphatic rings. The molecule has 6 nitrogen and oxygen atoms in total. The topological polar surface area (TPSA) is 79.8 Å². The standard InChI is InChI=1S/C29H40F2N2O4/c1-27(2,3)37-26(35)33-24(14-19-12-22(30)16-23(31)13-19)25(34)17-32-29(10-11-29)21-9-7-8-20(15-21)28(4,5)18-36-6/h7-9,12-13,15-16,24-25,32,34H,10-11,14,17-18H2,1-6H3,(H,33,35). The quantitative estimate of drug-likeness (QED) is 0.392. The number of hydrogen-bond donors (Lipinski definition) is 3. The van der Waals surface area contributed by atoms with E-state index >= 15 is 0 Å². The number of nitrogens with one attached hydrogen (secondary N) is 2. The van der Waals surface area contributed by atoms with E-state index in [1.54, 1.807) is 27.9 Å². The monoisotopic (exact) mass is 518 g/mol. The zero-order valence-electron chi connectivity index (χ0n) is 22.7. The highest BCUT2D eigenvalue weighted by Crippen LogP contribution is 2.46. The summed E-state index contributed by atoms with van der Waals surface area (Å²) in [5, 5.41) is 17.3. The molecule has 2 aromatic rings. The Morgan fingerprint density at radius 2 is 1.73 bits per heavy atom. The number of aliphatic hydroxyl groups is 1. The molecule has 0 aromatic heterocycles. The van der Waals surface area contributed by atoms with Crippen molar-refractivity contribution in [3.8, 4) is 0 Å². The van der Waals surface area contributed by atoms with Gasteiger partial charge < -0.3 is 25.2 Å². The Morgan fingerprint density at radius 1 is 1.08 bits per heavy atom. The molecule has 0 heterocycles. The summed E-state index contributed by atoms with van der Waals surface area (Å²) in [4.78, 5) is 12.5. The third kappa shape index (κ3) is 8.22. The zero-order valence-corrected chi connectivity index (χ0v) is 22.7. The van der Waals surface area contributed by atoms with Gasteiger partial charge in [-0.2, -0.15) is 0 Å². The average Bonchev–Trinajstić information content (AvgIpc) is 3.56. The molecule has 8 heteroatoms. The third-order valence-electron chi connectivity index (χ3n) is 6.65. The van der Waals surface area contributed by atoms with Crippen molar-refractivity contribution >= 4 is 6.09 Å². The van der Waals surface area contributed by atoms with E-state index in [1.807, 2.05) is 6.07 Å². The molecule has 2 atom stereocenters. The minimum atomic E-state index is -1.04. The molecule has 1 fully saturated rings. The second kappa shape index (κ2) is 11.5. The molecule has 2 unspecified atom stereocenters. The van der Waals surface area contributed by atoms with E-state index in [0.29, 0.717) is 12.2 Å². The first kappa shape index (κ1) is 29.0. The number of halogens is 2. The Morgan fingerprint density at radius 3 is 2.30 bits per heavy atom. The minimum Gasteiger partial charge on any atom is -0.444 e. The predicted octanol–water partition coefficient (Wildman–Crippen LogP) is 4.96. The number of alkyl carbamates (subject to hydrolysis) is 1. The number of aliphatic hydroxyl groups excluding tert-OH is 1. The van der Waals surface area contributed by atoms with Crippen LogP contribution in [-0.2, 0) is 26.8 Å². The first-order valence-corrected chi connectivity index (χ1v) is 12.7. The number of carbonyl (C=O) groups is 1. The van der Waals surface area contributed by atoms with Crippen molar-refractivity contribution in [1.82, 2.24) is 10.6 Å². The summed E-state index contributed by atoms with van der Waals surface area (Å²) in [6, 6.07) is 10.7. The first-order chi connectivity index (χ1) is 17.2. The summed E-state index contributed by atoms with van der Waals surface area (Å²) in [5.41, 5.74) is 1.46. The number of carbonyl (C=O) groups excluding carboxylic acids is 1. The van der Waals surface area contributed by atoms with Crippen LogP contribution in [0.1, 0.15) is 64.2 Å². The summed E-state index contributed by atoms with van der Waals surface area (Å²) in [6.07, 6.45) is 0.108. The molecule has 0 spiro atoms. The fourth-order valence-corrected chi connectivity index (χ4v) is 4.54. The lowest BCUT2D eigenvalue weighted by Gasteiger charge is -2.29. The maximum Gasteiger partial charge on any atom is 0.407 e. The van der Waals surface area contributed by atoms with Crippen molar-refractivity contribution in [3.63, 3.8) is 0 Å². The molecule has 3 N–H and O–H groups in total. The number of ether oxygens (including phenoxy) is 2. The molecule has 37 heavy (non-hydrogen) atoms. The summed E-state index contributed by atoms with van der Waals surface area (Å²) in [6.45, 7) is 10.2. The van der Waals surface area contributed by atoms with E-state index in [4.69, 9.17) is 9.47 Å². The van der Waals surface area contributed by atoms with Gasteiger partial charge >= 0.3 is 6.09 Å². The van der Waals surface area contributed by atoms with Gasteiger partial charge in [0.2, 0.25) is 0 Å². The normalized spacial score (nSPS) is 16.7. The lowest BCUT2D eigenvalue weighted by atomic mass is 9.83. The van der Waals surface area contributed by atoms with Gasteiger partial charge in [0, 0.05) is 30.7 Å². The van der Waals surface area contributed by atoms with E-state index in [2.05, 4.69) is 42.7 Å². The van der Waals surface area contributed by atoms with Crippen molar-refractivity contribution in [1.29, 1.82) is 0 Å². The van der Waals surface area contributed by atoms with Crippen molar-refractivity contribution in [2.45, 2.75) is 82.6 Å². The van der Waals surface area contributed by atoms with E-state index in [9.17, 15) is 18.7 Å². The molecular formula is C29H40F2N2O4. The SMILES string of the molecule is COCC(C)(C)c1cccc(C2(NCC(O)C(Cc3cc(F)cc(F)c3)NC(=O)OC(C)(C)C)CC2)c1. The average molecular weight is 519 g/mol. The van der Waals surface area contributed by atoms with Gasteiger partial charge in [-0.3, -0.25) is 0 Å². The van der Waals surface area contributed by atoms with E-state index in [1.165, 1.54) is 12.1 Å². The van der Waals surface area contributed by atoms with Gasteiger partial charge in [-0.05, 0) is 68.9 Å². The molecule has 2 aromatic carbocycles. The molecule has 0 radical (unpaired) electrons. The summed E-state index contributed by atoms with van der Waals surface area (Å²) >= 11 is 0. The summed E-state index contributed by atoms with van der Waals surface area (Å²) in [5.74, 6) is -1.43. The highest BCUT2D eigenvalue weighted by Gasteiger charge is 2.45. The molecule has 0 bridgehead atoms. The van der Waals surface area contributed by atoms with Gasteiger partial charge in [-0.1, -0.05) is 38.1 Å². The second-order valence-electron chi connectivity index (χ2n) is 11.7. The molecular weight excluding hydrogens is 478 g/mol. The van der Waals surface area contributed by atoms with Crippen LogP contribution < -0.4 is 10.6 Å². The molecule has 3 rings (SSSR count). The molecule has 0 saturated heterocycles. The van der Waals surface area contributed by atoms with Gasteiger partial charge in [0.1, 0.15) is 17.2 Å². The van der Waals surface area contributed by atoms with Crippen LogP contribution in [0.5, 0.6) is 0 Å². The maximum absolute atomic E-state index is 13.8. The van der Waals surface area contributed by atoms with Crippen LogP contribution in [0, 0.1) is 11.6 Å². The van der Waals surface area contributed by atoms with E-state index < -0.39 is 35.5 Å². The van der Waals surface area contributed by atoms with Crippen LogP contribution in [0.2, 0.25) is 0 Å². The van der Waals surface area contributed by atoms with E-state index in [-0.39, 0.29) is 23.9 Å². The van der Waals surface area contributed by atoms with Gasteiger partial charge in [-0.25, -0.2) is 13.6 Å². The Bertz CT molecular complexity index is 1060. The highest BCUT2D eigenvalue weighted by molar-refractivity contribution is 5.68. The van der Waals surface area contributed by atoms with Gasteiger partial charge in [-0.15, -0.1) is 0 Å². The Kier molecular flexibility index (Phi) is 8.98. The predicted molar refractivity (Wildman–Crippen MR) is 139 cm³/mol. The fraction of sp³-hybridized carbons (Fsp3) is 0.552. The fourth-order valence-electron chi connectivity index (χ4n) is 4.54. The van der Waals surface area contributed by atoms with Gasteiger partial charge in [0.25, 0.3) is 0 Å². The Labute approximate surface area is 218 Å². The number of hydrogen-bond acceptors (Lipinski definition) is 5. The molecule has 1 aliphatic carbocycles. The lowest BCUT2D eigenvalue weighted by molar-refractivity contribution is 0.0419. The van der Waals surface area contributed by atoms with Gasteiger partial charge in [0.15, 0.2) is 0 Å². The highest BCUT2D eigenvalue weighted by atomic mass is 19.1. The van der Waals surface area contributed by atoms with Crippen molar-refractivity contribution in [2.24, 2.45) is 0 Å². The number of benzene rings is 2. The summed E-state index contributed by atoms with van der Waals surface area (Å²) in [7, 11) is 1.69. The Balaban J connectivity index is 1.74. The molecule has 204 valence electrons. The van der Waals surface area contributed by atoms with Crippen LogP contribution in [0.25, 0.3) is 0 Å². The zero-order chi connectivity index (χ0) is 27.4. The van der Waals surface area contributed by atoms with Crippen LogP contribution in [0.4, 0.5) is 13.6 Å². The molecule has 1 saturated carbocycles. The molecule has 0 aliphatic heterocycles. The summed E-state index contributed by atoms with van der Waals surface area (Å²) < 4.78 is 38.3. The van der Waals surface area contributed by atoms with Crippen LogP contribution in [0.15, 0.2) is 42.5 Å². The Hall–Kier alpha value is -2.55. The molecule has 1 amide bonds. The van der Waals surface area contributed by atoms with E-state index in [0.717, 1.165) is 30.0 Å². The van der Waals surface area contributed by atoms with Crippen molar-refractivity contribution < 1.29 is 28.2 Å². The number of methoxy groups -OCH3 is 1. The van der Waals surface area contributed by atoms with Crippen molar-refractivity contribution in [3.05, 3.63) is 70.8 Å². The smallest absolute Gasteiger partial charge is 0.407 e. The third-order valence-corrected chi connectivity index (χ3v) is 6.65. The number of rotatable bonds is 11. The lowest BCUT2D eigenvalue weighted by Crippen LogP contribution is -2.51. The largest absolute Gasteiger partial charge is 0.444 e. The van der Waals surface area contributed by atoms with Crippen LogP contribution in [-0.4, -0.2) is 49.2 Å². The first-order valence-electron chi connectivity index (χ1n) is 12.7.